The first-order valence-electron chi connectivity index (χ1n) is 9.94. The molecule has 0 aromatic rings. The summed E-state index contributed by atoms with van der Waals surface area (Å²) in [6.45, 7) is 7.14. The van der Waals surface area contributed by atoms with Gasteiger partial charge in [0.1, 0.15) is 0 Å². The van der Waals surface area contributed by atoms with Crippen LogP contribution in [0.5, 0.6) is 0 Å². The summed E-state index contributed by atoms with van der Waals surface area (Å²) < 4.78 is 0. The van der Waals surface area contributed by atoms with Gasteiger partial charge < -0.3 is 5.11 Å². The van der Waals surface area contributed by atoms with E-state index in [1.165, 1.54) is 96.3 Å². The Balaban J connectivity index is 0. The van der Waals surface area contributed by atoms with Crippen molar-refractivity contribution in [3.8, 4) is 0 Å². The second-order valence-corrected chi connectivity index (χ2v) is 6.32. The lowest BCUT2D eigenvalue weighted by Gasteiger charge is -2.00. The van der Waals surface area contributed by atoms with Crippen molar-refractivity contribution in [1.82, 2.24) is 0 Å². The van der Waals surface area contributed by atoms with Crippen LogP contribution in [0.15, 0.2) is 0 Å². The number of rotatable bonds is 15. The standard InChI is InChI=1S/C12H26O.C8H18/c1-2-3-4-5-6-7-8-9-10-11-12-13;1-3-5-7-8-6-4-2/h13H,2-12H2,1H3;3-8H2,1-2H3. The molecule has 1 N–H and O–H groups in total. The van der Waals surface area contributed by atoms with E-state index in [2.05, 4.69) is 20.8 Å². The highest BCUT2D eigenvalue weighted by Gasteiger charge is 1.91. The lowest BCUT2D eigenvalue weighted by atomic mass is 10.1. The van der Waals surface area contributed by atoms with Gasteiger partial charge in [-0.25, -0.2) is 0 Å². The Morgan fingerprint density at radius 3 is 0.857 bits per heavy atom. The van der Waals surface area contributed by atoms with Gasteiger partial charge in [-0.15, -0.1) is 0 Å². The summed E-state index contributed by atoms with van der Waals surface area (Å²) in [6, 6.07) is 0. The molecule has 0 heterocycles. The van der Waals surface area contributed by atoms with Crippen molar-refractivity contribution in [2.24, 2.45) is 0 Å². The average Bonchev–Trinajstić information content (AvgIpc) is 2.51. The molecule has 0 aliphatic carbocycles. The summed E-state index contributed by atoms with van der Waals surface area (Å²) in [4.78, 5) is 0. The van der Waals surface area contributed by atoms with Crippen molar-refractivity contribution >= 4 is 0 Å². The van der Waals surface area contributed by atoms with Gasteiger partial charge in [-0.3, -0.25) is 0 Å². The molecule has 0 rings (SSSR count). The lowest BCUT2D eigenvalue weighted by molar-refractivity contribution is 0.282. The number of unbranched alkanes of at least 4 members (excludes halogenated alkanes) is 14. The van der Waals surface area contributed by atoms with E-state index >= 15 is 0 Å². The largest absolute Gasteiger partial charge is 0.396 e. The van der Waals surface area contributed by atoms with E-state index in [0.717, 1.165) is 6.42 Å². The topological polar surface area (TPSA) is 20.2 Å². The number of hydrogen-bond donors (Lipinski definition) is 1. The summed E-state index contributed by atoms with van der Waals surface area (Å²) in [5.74, 6) is 0. The molecular formula is C20H44O. The van der Waals surface area contributed by atoms with Gasteiger partial charge in [-0.2, -0.15) is 0 Å². The van der Waals surface area contributed by atoms with E-state index in [1.807, 2.05) is 0 Å². The van der Waals surface area contributed by atoms with E-state index in [4.69, 9.17) is 5.11 Å². The van der Waals surface area contributed by atoms with Crippen molar-refractivity contribution < 1.29 is 5.11 Å². The Morgan fingerprint density at radius 1 is 0.381 bits per heavy atom. The third-order valence-electron chi connectivity index (χ3n) is 3.97. The van der Waals surface area contributed by atoms with Gasteiger partial charge in [0.05, 0.1) is 0 Å². The van der Waals surface area contributed by atoms with Crippen molar-refractivity contribution in [2.75, 3.05) is 6.61 Å². The smallest absolute Gasteiger partial charge is 0.0431 e. The zero-order valence-electron chi connectivity index (χ0n) is 15.5. The van der Waals surface area contributed by atoms with Gasteiger partial charge in [0.15, 0.2) is 0 Å². The molecule has 0 amide bonds. The van der Waals surface area contributed by atoms with E-state index < -0.39 is 0 Å². The van der Waals surface area contributed by atoms with Crippen LogP contribution in [0.3, 0.4) is 0 Å². The van der Waals surface area contributed by atoms with E-state index in [1.54, 1.807) is 0 Å². The third kappa shape index (κ3) is 28.8. The molecule has 0 fully saturated rings. The maximum Gasteiger partial charge on any atom is 0.0431 e. The maximum absolute atomic E-state index is 8.57. The molecule has 0 saturated carbocycles. The summed E-state index contributed by atoms with van der Waals surface area (Å²) >= 11 is 0. The van der Waals surface area contributed by atoms with Crippen LogP contribution in [-0.4, -0.2) is 11.7 Å². The van der Waals surface area contributed by atoms with Crippen LogP contribution in [0.1, 0.15) is 124 Å². The predicted octanol–water partition coefficient (Wildman–Crippen LogP) is 7.27. The maximum atomic E-state index is 8.57. The Kier molecular flexibility index (Phi) is 27.6. The summed E-state index contributed by atoms with van der Waals surface area (Å²) in [5.41, 5.74) is 0. The fraction of sp³-hybridized carbons (Fsp3) is 1.00. The minimum absolute atomic E-state index is 0.372. The molecule has 0 aliphatic heterocycles. The first-order valence-corrected chi connectivity index (χ1v) is 9.94. The molecule has 0 saturated heterocycles. The van der Waals surface area contributed by atoms with Gasteiger partial charge in [-0.05, 0) is 6.42 Å². The van der Waals surface area contributed by atoms with Gasteiger partial charge in [0.25, 0.3) is 0 Å². The van der Waals surface area contributed by atoms with Crippen molar-refractivity contribution in [1.29, 1.82) is 0 Å². The Hall–Kier alpha value is -0.0400. The second kappa shape index (κ2) is 24.9. The highest BCUT2D eigenvalue weighted by atomic mass is 16.2. The summed E-state index contributed by atoms with van der Waals surface area (Å²) in [7, 11) is 0. The zero-order valence-corrected chi connectivity index (χ0v) is 15.5. The van der Waals surface area contributed by atoms with Crippen molar-refractivity contribution in [2.45, 2.75) is 124 Å². The van der Waals surface area contributed by atoms with Crippen LogP contribution in [0.25, 0.3) is 0 Å². The number of aliphatic hydroxyl groups is 1. The molecule has 130 valence electrons. The molecular weight excluding hydrogens is 256 g/mol. The van der Waals surface area contributed by atoms with Crippen molar-refractivity contribution in [3.63, 3.8) is 0 Å². The van der Waals surface area contributed by atoms with Gasteiger partial charge >= 0.3 is 0 Å². The number of aliphatic hydroxyl groups excluding tert-OH is 1. The normalized spacial score (nSPS) is 10.3. The van der Waals surface area contributed by atoms with E-state index in [9.17, 15) is 0 Å². The van der Waals surface area contributed by atoms with Gasteiger partial charge in [0.2, 0.25) is 0 Å². The minimum Gasteiger partial charge on any atom is -0.396 e. The molecule has 0 unspecified atom stereocenters. The van der Waals surface area contributed by atoms with Crippen LogP contribution >= 0.6 is 0 Å². The predicted molar refractivity (Wildman–Crippen MR) is 98.0 cm³/mol. The summed E-state index contributed by atoms with van der Waals surface area (Å²) in [5, 5.41) is 8.57. The molecule has 0 atom stereocenters. The highest BCUT2D eigenvalue weighted by molar-refractivity contribution is 4.46. The first kappa shape index (κ1) is 23.2. The van der Waals surface area contributed by atoms with E-state index in [0.29, 0.717) is 6.61 Å². The van der Waals surface area contributed by atoms with Crippen LogP contribution in [0.4, 0.5) is 0 Å². The monoisotopic (exact) mass is 300 g/mol. The molecule has 0 bridgehead atoms. The number of hydrogen-bond acceptors (Lipinski definition) is 1. The molecule has 1 nitrogen and oxygen atoms in total. The SMILES string of the molecule is CCCCCCCC.CCCCCCCCCCCCO. The summed E-state index contributed by atoms with van der Waals surface area (Å²) in [6.07, 6.45) is 21.8. The van der Waals surface area contributed by atoms with Crippen LogP contribution in [-0.2, 0) is 0 Å². The fourth-order valence-corrected chi connectivity index (χ4v) is 2.45. The Morgan fingerprint density at radius 2 is 0.619 bits per heavy atom. The average molecular weight is 301 g/mol. The second-order valence-electron chi connectivity index (χ2n) is 6.32. The first-order chi connectivity index (χ1) is 10.3. The quantitative estimate of drug-likeness (QED) is 0.315. The molecule has 0 aromatic heterocycles. The third-order valence-corrected chi connectivity index (χ3v) is 3.97. The molecule has 0 spiro atoms. The van der Waals surface area contributed by atoms with Crippen molar-refractivity contribution in [3.05, 3.63) is 0 Å². The molecule has 0 radical (unpaired) electrons. The van der Waals surface area contributed by atoms with Crippen LogP contribution < -0.4 is 0 Å². The van der Waals surface area contributed by atoms with Crippen LogP contribution in [0, 0.1) is 0 Å². The Bertz CT molecular complexity index is 129. The molecule has 0 aliphatic rings. The fourth-order valence-electron chi connectivity index (χ4n) is 2.45. The minimum atomic E-state index is 0.372. The van der Waals surface area contributed by atoms with Crippen LogP contribution in [0.2, 0.25) is 0 Å². The lowest BCUT2D eigenvalue weighted by Crippen LogP contribution is -1.84. The zero-order chi connectivity index (χ0) is 16.0. The highest BCUT2D eigenvalue weighted by Crippen LogP contribution is 2.10. The Labute approximate surface area is 135 Å². The molecule has 1 heteroatoms. The van der Waals surface area contributed by atoms with Gasteiger partial charge in [-0.1, -0.05) is 117 Å². The van der Waals surface area contributed by atoms with E-state index in [-0.39, 0.29) is 0 Å². The molecule has 0 aromatic carbocycles. The van der Waals surface area contributed by atoms with Gasteiger partial charge in [0, 0.05) is 6.61 Å². The molecule has 21 heavy (non-hydrogen) atoms.